The van der Waals surface area contributed by atoms with Crippen molar-refractivity contribution in [3.8, 4) is 0 Å². The molecule has 4 nitrogen and oxygen atoms in total. The Bertz CT molecular complexity index is 701. The number of aromatic nitrogens is 1. The number of nitrogens with two attached hydrogens (primary N) is 1. The second-order valence-corrected chi connectivity index (χ2v) is 5.77. The molecule has 0 saturated carbocycles. The third kappa shape index (κ3) is 2.74. The van der Waals surface area contributed by atoms with E-state index in [-0.39, 0.29) is 11.9 Å². The van der Waals surface area contributed by atoms with Gasteiger partial charge >= 0.3 is 0 Å². The van der Waals surface area contributed by atoms with Crippen molar-refractivity contribution in [3.05, 3.63) is 42.1 Å². The van der Waals surface area contributed by atoms with Crippen LogP contribution in [0.5, 0.6) is 0 Å². The van der Waals surface area contributed by atoms with Crippen molar-refractivity contribution in [1.29, 1.82) is 0 Å². The van der Waals surface area contributed by atoms with Crippen molar-refractivity contribution in [2.45, 2.75) is 25.3 Å². The van der Waals surface area contributed by atoms with Crippen LogP contribution < -0.4 is 5.73 Å². The molecule has 3 rings (SSSR count). The van der Waals surface area contributed by atoms with Crippen LogP contribution in [-0.2, 0) is 0 Å². The number of carbonyl (C=O) groups excluding carboxylic acids is 1. The Labute approximate surface area is 129 Å². The van der Waals surface area contributed by atoms with Gasteiger partial charge in [-0.25, -0.2) is 4.98 Å². The Morgan fingerprint density at radius 1 is 1.24 bits per heavy atom. The highest BCUT2D eigenvalue weighted by Gasteiger charge is 2.29. The molecular weight excluding hydrogens is 282 g/mol. The number of benzene rings is 1. The number of nitrogens with zero attached hydrogens (tertiary/aromatic N) is 2. The fourth-order valence-corrected chi connectivity index (χ4v) is 3.05. The van der Waals surface area contributed by atoms with Crippen molar-refractivity contribution in [2.24, 2.45) is 5.73 Å². The molecule has 2 aromatic rings. The van der Waals surface area contributed by atoms with Crippen LogP contribution in [0.25, 0.3) is 10.9 Å². The Hall–Kier alpha value is -2.01. The second-order valence-electron chi connectivity index (χ2n) is 5.30. The summed E-state index contributed by atoms with van der Waals surface area (Å²) in [6.45, 7) is 0.690. The van der Waals surface area contributed by atoms with Crippen molar-refractivity contribution in [2.75, 3.05) is 6.54 Å². The van der Waals surface area contributed by atoms with E-state index in [4.69, 9.17) is 18.0 Å². The first kappa shape index (κ1) is 13.9. The number of fused-ring (bicyclic) bond motifs is 1. The molecule has 108 valence electrons. The minimum atomic E-state index is -0.144. The van der Waals surface area contributed by atoms with E-state index in [0.717, 1.165) is 30.2 Å². The monoisotopic (exact) mass is 299 g/mol. The summed E-state index contributed by atoms with van der Waals surface area (Å²) in [6, 6.07) is 11.3. The molecule has 1 aromatic carbocycles. The predicted molar refractivity (Wildman–Crippen MR) is 87.2 cm³/mol. The normalized spacial score (nSPS) is 18.7. The zero-order valence-corrected chi connectivity index (χ0v) is 12.5. The van der Waals surface area contributed by atoms with E-state index in [2.05, 4.69) is 4.98 Å². The number of pyridine rings is 1. The summed E-state index contributed by atoms with van der Waals surface area (Å²) >= 11 is 5.10. The maximum Gasteiger partial charge on any atom is 0.273 e. The number of amides is 1. The number of hydrogen-bond donors (Lipinski definition) is 1. The lowest BCUT2D eigenvalue weighted by Crippen LogP contribution is -2.50. The zero-order valence-electron chi connectivity index (χ0n) is 11.7. The lowest BCUT2D eigenvalue weighted by Gasteiger charge is -2.34. The van der Waals surface area contributed by atoms with Crippen LogP contribution in [0.1, 0.15) is 29.8 Å². The van der Waals surface area contributed by atoms with Gasteiger partial charge in [-0.3, -0.25) is 4.79 Å². The van der Waals surface area contributed by atoms with Gasteiger partial charge in [-0.15, -0.1) is 0 Å². The molecule has 1 saturated heterocycles. The average molecular weight is 299 g/mol. The highest BCUT2D eigenvalue weighted by molar-refractivity contribution is 7.80. The third-order valence-corrected chi connectivity index (χ3v) is 4.18. The molecule has 1 aliphatic rings. The fraction of sp³-hybridized carbons (Fsp3) is 0.312. The third-order valence-electron chi connectivity index (χ3n) is 3.91. The van der Waals surface area contributed by atoms with Crippen molar-refractivity contribution in [1.82, 2.24) is 9.88 Å². The Kier molecular flexibility index (Phi) is 3.84. The maximum absolute atomic E-state index is 12.7. The van der Waals surface area contributed by atoms with E-state index < -0.39 is 0 Å². The predicted octanol–water partition coefficient (Wildman–Crippen LogP) is 2.52. The molecule has 2 heterocycles. The fourth-order valence-electron chi connectivity index (χ4n) is 2.80. The summed E-state index contributed by atoms with van der Waals surface area (Å²) in [5, 5.41) is 1.03. The van der Waals surface area contributed by atoms with Crippen molar-refractivity contribution >= 4 is 34.0 Å². The minimum absolute atomic E-state index is 0.0850. The number of rotatable bonds is 2. The van der Waals surface area contributed by atoms with E-state index in [1.54, 1.807) is 11.0 Å². The molecule has 5 heteroatoms. The van der Waals surface area contributed by atoms with Gasteiger partial charge in [0.15, 0.2) is 0 Å². The number of carbonyl (C=O) groups is 1. The SMILES string of the molecule is NC(=S)C1CCCCN1C(=O)c1ccc2ccccc2n1. The first-order valence-electron chi connectivity index (χ1n) is 7.13. The van der Waals surface area contributed by atoms with Gasteiger partial charge in [0.25, 0.3) is 5.91 Å². The summed E-state index contributed by atoms with van der Waals surface area (Å²) < 4.78 is 0. The highest BCUT2D eigenvalue weighted by atomic mass is 32.1. The summed E-state index contributed by atoms with van der Waals surface area (Å²) in [5.41, 5.74) is 7.06. The molecule has 2 N–H and O–H groups in total. The summed E-state index contributed by atoms with van der Waals surface area (Å²) in [7, 11) is 0. The molecule has 1 unspecified atom stereocenters. The van der Waals surface area contributed by atoms with Gasteiger partial charge in [-0.05, 0) is 31.4 Å². The lowest BCUT2D eigenvalue weighted by atomic mass is 10.0. The maximum atomic E-state index is 12.7. The summed E-state index contributed by atoms with van der Waals surface area (Å²) in [5.74, 6) is -0.0850. The van der Waals surface area contributed by atoms with Crippen LogP contribution in [-0.4, -0.2) is 33.4 Å². The van der Waals surface area contributed by atoms with Gasteiger partial charge in [0.2, 0.25) is 0 Å². The Morgan fingerprint density at radius 3 is 2.86 bits per heavy atom. The topological polar surface area (TPSA) is 59.2 Å². The van der Waals surface area contributed by atoms with Crippen LogP contribution in [0.15, 0.2) is 36.4 Å². The smallest absolute Gasteiger partial charge is 0.273 e. The quantitative estimate of drug-likeness (QED) is 0.866. The largest absolute Gasteiger partial charge is 0.392 e. The van der Waals surface area contributed by atoms with Gasteiger partial charge < -0.3 is 10.6 Å². The molecule has 1 fully saturated rings. The van der Waals surface area contributed by atoms with Gasteiger partial charge in [-0.1, -0.05) is 36.5 Å². The van der Waals surface area contributed by atoms with E-state index in [1.165, 1.54) is 0 Å². The van der Waals surface area contributed by atoms with Crippen LogP contribution in [0, 0.1) is 0 Å². The number of piperidine rings is 1. The molecule has 0 spiro atoms. The van der Waals surface area contributed by atoms with E-state index in [9.17, 15) is 4.79 Å². The molecule has 1 amide bonds. The van der Waals surface area contributed by atoms with Crippen molar-refractivity contribution in [3.63, 3.8) is 0 Å². The number of likely N-dealkylation sites (tertiary alicyclic amines) is 1. The lowest BCUT2D eigenvalue weighted by molar-refractivity contribution is 0.0676. The Balaban J connectivity index is 1.93. The molecule has 1 aromatic heterocycles. The summed E-state index contributed by atoms with van der Waals surface area (Å²) in [6.07, 6.45) is 2.88. The standard InChI is InChI=1S/C16H17N3OS/c17-15(21)14-7-3-4-10-19(14)16(20)13-9-8-11-5-1-2-6-12(11)18-13/h1-2,5-6,8-9,14H,3-4,7,10H2,(H2,17,21). The van der Waals surface area contributed by atoms with Crippen LogP contribution in [0.2, 0.25) is 0 Å². The molecule has 0 aliphatic carbocycles. The summed E-state index contributed by atoms with van der Waals surface area (Å²) in [4.78, 5) is 19.3. The zero-order chi connectivity index (χ0) is 14.8. The number of thiocarbonyl (C=S) groups is 1. The molecule has 1 aliphatic heterocycles. The Morgan fingerprint density at radius 2 is 2.05 bits per heavy atom. The van der Waals surface area contributed by atoms with E-state index in [0.29, 0.717) is 17.2 Å². The van der Waals surface area contributed by atoms with Gasteiger partial charge in [-0.2, -0.15) is 0 Å². The van der Waals surface area contributed by atoms with Crippen LogP contribution in [0.4, 0.5) is 0 Å². The first-order valence-corrected chi connectivity index (χ1v) is 7.54. The minimum Gasteiger partial charge on any atom is -0.392 e. The van der Waals surface area contributed by atoms with Crippen molar-refractivity contribution < 1.29 is 4.79 Å². The second kappa shape index (κ2) is 5.77. The number of hydrogen-bond acceptors (Lipinski definition) is 3. The van der Waals surface area contributed by atoms with Gasteiger partial charge in [0, 0.05) is 11.9 Å². The van der Waals surface area contributed by atoms with Crippen LogP contribution in [0.3, 0.4) is 0 Å². The first-order chi connectivity index (χ1) is 10.2. The average Bonchev–Trinajstić information content (AvgIpc) is 2.53. The molecule has 0 bridgehead atoms. The van der Waals surface area contributed by atoms with Crippen LogP contribution >= 0.6 is 12.2 Å². The molecular formula is C16H17N3OS. The van der Waals surface area contributed by atoms with Gasteiger partial charge in [0.1, 0.15) is 5.69 Å². The highest BCUT2D eigenvalue weighted by Crippen LogP contribution is 2.20. The molecule has 1 atom stereocenters. The van der Waals surface area contributed by atoms with Gasteiger partial charge in [0.05, 0.1) is 16.5 Å². The number of para-hydroxylation sites is 1. The van der Waals surface area contributed by atoms with E-state index >= 15 is 0 Å². The van der Waals surface area contributed by atoms with E-state index in [1.807, 2.05) is 30.3 Å². The molecule has 21 heavy (non-hydrogen) atoms. The molecule has 0 radical (unpaired) electrons.